The van der Waals surface area contributed by atoms with Gasteiger partial charge in [-0.05, 0) is 43.9 Å². The minimum absolute atomic E-state index is 0.0584. The third-order valence-electron chi connectivity index (χ3n) is 4.86. The van der Waals surface area contributed by atoms with Crippen LogP contribution in [0.2, 0.25) is 0 Å². The summed E-state index contributed by atoms with van der Waals surface area (Å²) in [5.41, 5.74) is 4.01. The van der Waals surface area contributed by atoms with Gasteiger partial charge in [-0.15, -0.1) is 0 Å². The van der Waals surface area contributed by atoms with E-state index in [1.807, 2.05) is 62.7 Å². The molecule has 0 aliphatic rings. The second kappa shape index (κ2) is 9.01. The van der Waals surface area contributed by atoms with E-state index < -0.39 is 0 Å². The first-order valence-electron chi connectivity index (χ1n) is 10.00. The molecular formula is C23H24N6O2. The molecule has 0 spiro atoms. The van der Waals surface area contributed by atoms with E-state index in [4.69, 9.17) is 4.74 Å². The molecule has 0 saturated carbocycles. The Bertz CT molecular complexity index is 1220. The number of fused-ring (bicyclic) bond motifs is 1. The summed E-state index contributed by atoms with van der Waals surface area (Å²) >= 11 is 0. The van der Waals surface area contributed by atoms with E-state index in [0.717, 1.165) is 28.6 Å². The van der Waals surface area contributed by atoms with Crippen molar-refractivity contribution >= 4 is 16.7 Å². The molecule has 0 aliphatic carbocycles. The van der Waals surface area contributed by atoms with Crippen LogP contribution in [0.3, 0.4) is 0 Å². The number of aromatic nitrogens is 5. The van der Waals surface area contributed by atoms with Crippen LogP contribution in [-0.4, -0.2) is 62.9 Å². The molecule has 4 rings (SSSR count). The first-order chi connectivity index (χ1) is 15.0. The Morgan fingerprint density at radius 1 is 1.10 bits per heavy atom. The van der Waals surface area contributed by atoms with E-state index >= 15 is 0 Å². The topological polar surface area (TPSA) is 86.0 Å². The zero-order valence-corrected chi connectivity index (χ0v) is 17.8. The lowest BCUT2D eigenvalue weighted by molar-refractivity contribution is 0.0991. The van der Waals surface area contributed by atoms with E-state index in [2.05, 4.69) is 20.3 Å². The number of Topliss-reactive ketones (excluding diaryl/α,β-unsaturated/α-hetero) is 1. The lowest BCUT2D eigenvalue weighted by atomic mass is 10.0. The number of rotatable bonds is 8. The summed E-state index contributed by atoms with van der Waals surface area (Å²) in [5, 5.41) is 13.7. The predicted octanol–water partition coefficient (Wildman–Crippen LogP) is 2.79. The second-order valence-corrected chi connectivity index (χ2v) is 7.65. The molecule has 0 N–H and O–H groups in total. The maximum atomic E-state index is 12.8. The van der Waals surface area contributed by atoms with Crippen LogP contribution in [0, 0.1) is 0 Å². The Morgan fingerprint density at radius 3 is 2.74 bits per heavy atom. The Morgan fingerprint density at radius 2 is 1.97 bits per heavy atom. The second-order valence-electron chi connectivity index (χ2n) is 7.65. The highest BCUT2D eigenvalue weighted by molar-refractivity contribution is 5.97. The molecule has 1 aromatic carbocycles. The van der Waals surface area contributed by atoms with Gasteiger partial charge in [0.25, 0.3) is 0 Å². The number of ketones is 1. The predicted molar refractivity (Wildman–Crippen MR) is 118 cm³/mol. The first kappa shape index (κ1) is 20.6. The van der Waals surface area contributed by atoms with Gasteiger partial charge >= 0.3 is 0 Å². The van der Waals surface area contributed by atoms with Crippen molar-refractivity contribution in [3.05, 3.63) is 66.2 Å². The third kappa shape index (κ3) is 5.10. The number of benzene rings is 1. The zero-order valence-electron chi connectivity index (χ0n) is 17.8. The zero-order chi connectivity index (χ0) is 21.8. The molecule has 158 valence electrons. The lowest BCUT2D eigenvalue weighted by Crippen LogP contribution is -2.19. The number of carbonyl (C=O) groups is 1. The van der Waals surface area contributed by atoms with Crippen LogP contribution < -0.4 is 4.74 Å². The highest BCUT2D eigenvalue weighted by Gasteiger charge is 2.12. The average molecular weight is 416 g/mol. The number of aryl methyl sites for hydroxylation is 1. The first-order valence-corrected chi connectivity index (χ1v) is 10.00. The highest BCUT2D eigenvalue weighted by Crippen LogP contribution is 2.23. The third-order valence-corrected chi connectivity index (χ3v) is 4.86. The van der Waals surface area contributed by atoms with E-state index in [1.54, 1.807) is 23.0 Å². The number of ether oxygens (including phenoxy) is 1. The SMILES string of the molecule is CN(C)CCOc1cc(C(=O)Cc2cc3cc(-c4cnn(C)c4)ccc3nn2)ccn1. The summed E-state index contributed by atoms with van der Waals surface area (Å²) in [5.74, 6) is 0.385. The number of pyridine rings is 1. The number of carbonyl (C=O) groups excluding carboxylic acids is 1. The van der Waals surface area contributed by atoms with Crippen LogP contribution in [0.25, 0.3) is 22.0 Å². The smallest absolute Gasteiger partial charge is 0.213 e. The Labute approximate surface area is 180 Å². The van der Waals surface area contributed by atoms with Gasteiger partial charge in [-0.2, -0.15) is 15.3 Å². The molecule has 31 heavy (non-hydrogen) atoms. The van der Waals surface area contributed by atoms with Gasteiger partial charge in [0.05, 0.1) is 23.8 Å². The fourth-order valence-electron chi connectivity index (χ4n) is 3.19. The molecule has 0 aliphatic heterocycles. The van der Waals surface area contributed by atoms with Gasteiger partial charge in [0.1, 0.15) is 6.61 Å². The molecule has 0 saturated heterocycles. The summed E-state index contributed by atoms with van der Waals surface area (Å²) in [6.07, 6.45) is 5.52. The normalized spacial score (nSPS) is 11.2. The summed E-state index contributed by atoms with van der Waals surface area (Å²) < 4.78 is 7.40. The Balaban J connectivity index is 1.50. The molecule has 8 nitrogen and oxygen atoms in total. The standard InChI is InChI=1S/C23H24N6O2/c1-28(2)8-9-31-23-12-17(6-7-24-23)22(30)13-20-11-18-10-16(4-5-21(18)27-26-20)19-14-25-29(3)15-19/h4-7,10-12,14-15H,8-9,13H2,1-3H3. The molecule has 0 bridgehead atoms. The molecule has 0 radical (unpaired) electrons. The van der Waals surface area contributed by atoms with Crippen LogP contribution >= 0.6 is 0 Å². The number of hydrogen-bond acceptors (Lipinski definition) is 7. The Kier molecular flexibility index (Phi) is 5.99. The molecule has 3 heterocycles. The molecule has 4 aromatic rings. The van der Waals surface area contributed by atoms with Crippen molar-refractivity contribution in [2.45, 2.75) is 6.42 Å². The number of nitrogens with zero attached hydrogens (tertiary/aromatic N) is 6. The van der Waals surface area contributed by atoms with Gasteiger partial charge in [0.15, 0.2) is 5.78 Å². The minimum Gasteiger partial charge on any atom is -0.476 e. The summed E-state index contributed by atoms with van der Waals surface area (Å²) in [6.45, 7) is 1.28. The van der Waals surface area contributed by atoms with Crippen LogP contribution in [0.15, 0.2) is 55.0 Å². The van der Waals surface area contributed by atoms with Crippen molar-refractivity contribution < 1.29 is 9.53 Å². The van der Waals surface area contributed by atoms with Crippen molar-refractivity contribution in [1.82, 2.24) is 29.9 Å². The molecule has 0 unspecified atom stereocenters. The van der Waals surface area contributed by atoms with E-state index in [1.165, 1.54) is 0 Å². The summed E-state index contributed by atoms with van der Waals surface area (Å²) in [7, 11) is 5.83. The van der Waals surface area contributed by atoms with Crippen LogP contribution in [0.4, 0.5) is 0 Å². The van der Waals surface area contributed by atoms with Crippen molar-refractivity contribution in [3.8, 4) is 17.0 Å². The van der Waals surface area contributed by atoms with Crippen LogP contribution in [0.5, 0.6) is 5.88 Å². The van der Waals surface area contributed by atoms with Crippen molar-refractivity contribution in [2.24, 2.45) is 7.05 Å². The highest BCUT2D eigenvalue weighted by atomic mass is 16.5. The van der Waals surface area contributed by atoms with Gasteiger partial charge in [-0.1, -0.05) is 6.07 Å². The average Bonchev–Trinajstić information content (AvgIpc) is 3.19. The lowest BCUT2D eigenvalue weighted by Gasteiger charge is -2.10. The molecule has 0 amide bonds. The molecule has 3 aromatic heterocycles. The van der Waals surface area contributed by atoms with Crippen LogP contribution in [0.1, 0.15) is 16.1 Å². The van der Waals surface area contributed by atoms with Crippen LogP contribution in [-0.2, 0) is 13.5 Å². The molecule has 0 atom stereocenters. The Hall–Kier alpha value is -3.65. The fourth-order valence-corrected chi connectivity index (χ4v) is 3.19. The van der Waals surface area contributed by atoms with E-state index in [-0.39, 0.29) is 12.2 Å². The molecular weight excluding hydrogens is 392 g/mol. The van der Waals surface area contributed by atoms with Gasteiger partial charge in [0, 0.05) is 48.6 Å². The quantitative estimate of drug-likeness (QED) is 0.408. The molecule has 0 fully saturated rings. The molecule has 8 heteroatoms. The minimum atomic E-state index is -0.0584. The van der Waals surface area contributed by atoms with Crippen molar-refractivity contribution in [2.75, 3.05) is 27.2 Å². The van der Waals surface area contributed by atoms with Crippen molar-refractivity contribution in [1.29, 1.82) is 0 Å². The van der Waals surface area contributed by atoms with E-state index in [9.17, 15) is 4.79 Å². The fraction of sp³-hybridized carbons (Fsp3) is 0.261. The number of likely N-dealkylation sites (N-methyl/N-ethyl adjacent to an activating group) is 1. The van der Waals surface area contributed by atoms with E-state index in [0.29, 0.717) is 23.7 Å². The van der Waals surface area contributed by atoms with Gasteiger partial charge in [0.2, 0.25) is 5.88 Å². The monoisotopic (exact) mass is 416 g/mol. The van der Waals surface area contributed by atoms with Crippen molar-refractivity contribution in [3.63, 3.8) is 0 Å². The van der Waals surface area contributed by atoms with Gasteiger partial charge in [-0.25, -0.2) is 4.98 Å². The number of hydrogen-bond donors (Lipinski definition) is 0. The van der Waals surface area contributed by atoms with Gasteiger partial charge < -0.3 is 9.64 Å². The van der Waals surface area contributed by atoms with Gasteiger partial charge in [-0.3, -0.25) is 9.48 Å². The maximum absolute atomic E-state index is 12.8. The maximum Gasteiger partial charge on any atom is 0.213 e. The summed E-state index contributed by atoms with van der Waals surface area (Å²) in [4.78, 5) is 19.0. The summed E-state index contributed by atoms with van der Waals surface area (Å²) in [6, 6.07) is 11.2. The largest absolute Gasteiger partial charge is 0.476 e.